The number of aliphatic hydroxyl groups is 1. The minimum atomic E-state index is -0.167. The van der Waals surface area contributed by atoms with Gasteiger partial charge in [-0.05, 0) is 37.5 Å². The van der Waals surface area contributed by atoms with E-state index in [1.165, 1.54) is 0 Å². The number of morpholine rings is 1. The van der Waals surface area contributed by atoms with E-state index in [0.29, 0.717) is 18.9 Å². The number of hydrogen-bond donors (Lipinski definition) is 2. The Bertz CT molecular complexity index is 562. The molecular weight excluding hydrogens is 307 g/mol. The Balaban J connectivity index is 1.69. The predicted molar refractivity (Wildman–Crippen MR) is 93.8 cm³/mol. The molecule has 0 spiro atoms. The van der Waals surface area contributed by atoms with Crippen LogP contribution in [0.5, 0.6) is 0 Å². The van der Waals surface area contributed by atoms with E-state index in [1.54, 1.807) is 6.07 Å². The molecule has 3 atom stereocenters. The zero-order chi connectivity index (χ0) is 17.2. The predicted octanol–water partition coefficient (Wildman–Crippen LogP) is 2.86. The lowest BCUT2D eigenvalue weighted by Gasteiger charge is -2.33. The number of halogens is 1. The van der Waals surface area contributed by atoms with Gasteiger partial charge in [-0.1, -0.05) is 19.4 Å². The van der Waals surface area contributed by atoms with Gasteiger partial charge in [0.1, 0.15) is 5.82 Å². The topological polar surface area (TPSA) is 44.7 Å². The first kappa shape index (κ1) is 17.6. The van der Waals surface area contributed by atoms with Gasteiger partial charge in [0.15, 0.2) is 0 Å². The Hall–Kier alpha value is -1.17. The van der Waals surface area contributed by atoms with Crippen LogP contribution in [0.4, 0.5) is 10.1 Å². The maximum Gasteiger partial charge on any atom is 0.146 e. The molecule has 1 aliphatic heterocycles. The summed E-state index contributed by atoms with van der Waals surface area (Å²) in [6, 6.07) is 5.88. The molecule has 1 saturated carbocycles. The smallest absolute Gasteiger partial charge is 0.146 e. The molecule has 1 heterocycles. The Morgan fingerprint density at radius 2 is 2.17 bits per heavy atom. The van der Waals surface area contributed by atoms with E-state index in [1.807, 2.05) is 17.0 Å². The maximum absolute atomic E-state index is 14.6. The molecule has 2 aliphatic rings. The van der Waals surface area contributed by atoms with Crippen LogP contribution in [0.25, 0.3) is 0 Å². The Labute approximate surface area is 144 Å². The van der Waals surface area contributed by atoms with E-state index in [2.05, 4.69) is 19.2 Å². The third-order valence-corrected chi connectivity index (χ3v) is 5.72. The van der Waals surface area contributed by atoms with Crippen molar-refractivity contribution >= 4 is 5.69 Å². The molecule has 24 heavy (non-hydrogen) atoms. The highest BCUT2D eigenvalue weighted by atomic mass is 19.1. The molecule has 4 nitrogen and oxygen atoms in total. The quantitative estimate of drug-likeness (QED) is 0.868. The maximum atomic E-state index is 14.6. The first-order valence-electron chi connectivity index (χ1n) is 9.02. The molecule has 1 aromatic rings. The Morgan fingerprint density at radius 3 is 2.83 bits per heavy atom. The average molecular weight is 336 g/mol. The number of anilines is 1. The van der Waals surface area contributed by atoms with E-state index < -0.39 is 0 Å². The lowest BCUT2D eigenvalue weighted by atomic mass is 9.85. The summed E-state index contributed by atoms with van der Waals surface area (Å²) in [6.07, 6.45) is 3.24. The SMILES string of the molecule is CC(NC1CCCC1(C)CO)c1ccc(N2CCOCC2)c(F)c1. The lowest BCUT2D eigenvalue weighted by Crippen LogP contribution is -2.43. The highest BCUT2D eigenvalue weighted by Gasteiger charge is 2.38. The van der Waals surface area contributed by atoms with Gasteiger partial charge in [-0.3, -0.25) is 0 Å². The van der Waals surface area contributed by atoms with Gasteiger partial charge in [0.25, 0.3) is 0 Å². The van der Waals surface area contributed by atoms with Crippen LogP contribution in [-0.2, 0) is 4.74 Å². The monoisotopic (exact) mass is 336 g/mol. The Kier molecular flexibility index (Phi) is 5.42. The van der Waals surface area contributed by atoms with Crippen LogP contribution >= 0.6 is 0 Å². The number of aliphatic hydroxyl groups excluding tert-OH is 1. The molecule has 2 N–H and O–H groups in total. The lowest BCUT2D eigenvalue weighted by molar-refractivity contribution is 0.114. The number of nitrogens with zero attached hydrogens (tertiary/aromatic N) is 1. The minimum absolute atomic E-state index is 0.0622. The first-order valence-corrected chi connectivity index (χ1v) is 9.02. The summed E-state index contributed by atoms with van der Waals surface area (Å²) >= 11 is 0. The molecule has 1 aromatic carbocycles. The van der Waals surface area contributed by atoms with Gasteiger partial charge in [-0.2, -0.15) is 0 Å². The summed E-state index contributed by atoms with van der Waals surface area (Å²) in [6.45, 7) is 7.18. The van der Waals surface area contributed by atoms with E-state index in [0.717, 1.165) is 37.9 Å². The zero-order valence-electron chi connectivity index (χ0n) is 14.7. The van der Waals surface area contributed by atoms with Gasteiger partial charge in [-0.25, -0.2) is 4.39 Å². The first-order chi connectivity index (χ1) is 11.5. The molecule has 2 fully saturated rings. The van der Waals surface area contributed by atoms with Crippen molar-refractivity contribution in [2.75, 3.05) is 37.8 Å². The third kappa shape index (κ3) is 3.58. The number of ether oxygens (including phenoxy) is 1. The van der Waals surface area contributed by atoms with Crippen molar-refractivity contribution in [3.63, 3.8) is 0 Å². The summed E-state index contributed by atoms with van der Waals surface area (Å²) in [5.74, 6) is -0.167. The van der Waals surface area contributed by atoms with Crippen molar-refractivity contribution < 1.29 is 14.2 Å². The van der Waals surface area contributed by atoms with Gasteiger partial charge in [0.05, 0.1) is 18.9 Å². The van der Waals surface area contributed by atoms with Gasteiger partial charge in [-0.15, -0.1) is 0 Å². The van der Waals surface area contributed by atoms with Crippen molar-refractivity contribution in [3.05, 3.63) is 29.6 Å². The highest BCUT2D eigenvalue weighted by Crippen LogP contribution is 2.38. The summed E-state index contributed by atoms with van der Waals surface area (Å²) in [5, 5.41) is 13.3. The number of rotatable bonds is 5. The molecule has 3 rings (SSSR count). The third-order valence-electron chi connectivity index (χ3n) is 5.72. The zero-order valence-corrected chi connectivity index (χ0v) is 14.7. The largest absolute Gasteiger partial charge is 0.396 e. The summed E-state index contributed by atoms with van der Waals surface area (Å²) in [5.41, 5.74) is 1.55. The molecule has 5 heteroatoms. The molecule has 0 radical (unpaired) electrons. The van der Waals surface area contributed by atoms with Crippen LogP contribution in [-0.4, -0.2) is 44.1 Å². The van der Waals surface area contributed by atoms with Crippen molar-refractivity contribution in [1.29, 1.82) is 0 Å². The van der Waals surface area contributed by atoms with Gasteiger partial charge in [0, 0.05) is 37.2 Å². The van der Waals surface area contributed by atoms with Crippen LogP contribution in [0.3, 0.4) is 0 Å². The second kappa shape index (κ2) is 7.38. The van der Waals surface area contributed by atoms with E-state index in [9.17, 15) is 9.50 Å². The van der Waals surface area contributed by atoms with Crippen LogP contribution in [0.15, 0.2) is 18.2 Å². The molecule has 0 aromatic heterocycles. The van der Waals surface area contributed by atoms with Crippen LogP contribution in [0.2, 0.25) is 0 Å². The van der Waals surface area contributed by atoms with Crippen LogP contribution in [0.1, 0.15) is 44.7 Å². The summed E-state index contributed by atoms with van der Waals surface area (Å²) < 4.78 is 19.9. The minimum Gasteiger partial charge on any atom is -0.396 e. The normalized spacial score (nSPS) is 29.0. The fourth-order valence-corrected chi connectivity index (χ4v) is 3.96. The van der Waals surface area contributed by atoms with Crippen molar-refractivity contribution in [1.82, 2.24) is 5.32 Å². The fraction of sp³-hybridized carbons (Fsp3) is 0.684. The van der Waals surface area contributed by atoms with Gasteiger partial charge < -0.3 is 20.1 Å². The summed E-state index contributed by atoms with van der Waals surface area (Å²) in [7, 11) is 0. The van der Waals surface area contributed by atoms with Crippen molar-refractivity contribution in [3.8, 4) is 0 Å². The second-order valence-corrected chi connectivity index (χ2v) is 7.46. The molecule has 1 aliphatic carbocycles. The van der Waals surface area contributed by atoms with Crippen molar-refractivity contribution in [2.24, 2.45) is 5.41 Å². The standard InChI is InChI=1S/C19H29FN2O2/c1-14(21-18-4-3-7-19(18,2)13-23)15-5-6-17(16(20)12-15)22-8-10-24-11-9-22/h5-6,12,14,18,21,23H,3-4,7-11,13H2,1-2H3. The second-order valence-electron chi connectivity index (χ2n) is 7.46. The highest BCUT2D eigenvalue weighted by molar-refractivity contribution is 5.50. The van der Waals surface area contributed by atoms with Gasteiger partial charge >= 0.3 is 0 Å². The van der Waals surface area contributed by atoms with Crippen LogP contribution < -0.4 is 10.2 Å². The molecular formula is C19H29FN2O2. The van der Waals surface area contributed by atoms with E-state index in [4.69, 9.17) is 4.74 Å². The number of nitrogens with one attached hydrogen (secondary N) is 1. The number of hydrogen-bond acceptors (Lipinski definition) is 4. The molecule has 0 bridgehead atoms. The Morgan fingerprint density at radius 1 is 1.42 bits per heavy atom. The number of benzene rings is 1. The molecule has 134 valence electrons. The molecule has 1 saturated heterocycles. The van der Waals surface area contributed by atoms with Crippen molar-refractivity contribution in [2.45, 2.75) is 45.2 Å². The fourth-order valence-electron chi connectivity index (χ4n) is 3.96. The van der Waals surface area contributed by atoms with Crippen LogP contribution in [0, 0.1) is 11.2 Å². The van der Waals surface area contributed by atoms with E-state index >= 15 is 0 Å². The average Bonchev–Trinajstić information content (AvgIpc) is 2.97. The van der Waals surface area contributed by atoms with E-state index in [-0.39, 0.29) is 29.9 Å². The van der Waals surface area contributed by atoms with Gasteiger partial charge in [0.2, 0.25) is 0 Å². The molecule has 3 unspecified atom stereocenters. The molecule has 0 amide bonds. The summed E-state index contributed by atoms with van der Waals surface area (Å²) in [4.78, 5) is 2.04.